The second kappa shape index (κ2) is 1.99. The molecular formula is C6H10N2S. The van der Waals surface area contributed by atoms with E-state index in [-0.39, 0.29) is 0 Å². The molecule has 0 atom stereocenters. The van der Waals surface area contributed by atoms with Gasteiger partial charge in [0.05, 0.1) is 0 Å². The van der Waals surface area contributed by atoms with E-state index in [1.165, 1.54) is 21.9 Å². The van der Waals surface area contributed by atoms with Crippen LogP contribution >= 0.6 is 11.3 Å². The molecule has 0 aliphatic rings. The predicted octanol–water partition coefficient (Wildman–Crippen LogP) is 1.18. The summed E-state index contributed by atoms with van der Waals surface area (Å²) < 4.78 is 1.89. The summed E-state index contributed by atoms with van der Waals surface area (Å²) in [5, 5.41) is 7.36. The Morgan fingerprint density at radius 3 is 2.11 bits per heavy atom. The normalized spacial score (nSPS) is 10.1. The topological polar surface area (TPSA) is 28.8 Å². The highest BCUT2D eigenvalue weighted by Gasteiger charge is 1.98. The maximum Gasteiger partial charge on any atom is 0.182 e. The van der Waals surface area contributed by atoms with Gasteiger partial charge in [-0.2, -0.15) is 0 Å². The fourth-order valence-electron chi connectivity index (χ4n) is 0.676. The highest BCUT2D eigenvalue weighted by molar-refractivity contribution is 7.09. The van der Waals surface area contributed by atoms with E-state index in [4.69, 9.17) is 5.41 Å². The molecule has 1 heterocycles. The molecule has 0 fully saturated rings. The number of aryl methyl sites for hydroxylation is 1. The molecule has 0 aliphatic heterocycles. The molecule has 0 saturated carbocycles. The standard InChI is InChI=1S/C6H10N2S/c1-4-5(2)9-6(7)8(4)3/h7H,1-3H3. The smallest absolute Gasteiger partial charge is 0.182 e. The van der Waals surface area contributed by atoms with Crippen LogP contribution in [0, 0.1) is 19.3 Å². The molecule has 2 nitrogen and oxygen atoms in total. The number of thiazole rings is 1. The van der Waals surface area contributed by atoms with Crippen molar-refractivity contribution in [3.05, 3.63) is 15.4 Å². The Kier molecular flexibility index (Phi) is 1.45. The summed E-state index contributed by atoms with van der Waals surface area (Å²) in [6.07, 6.45) is 0. The van der Waals surface area contributed by atoms with E-state index in [1.807, 2.05) is 25.5 Å². The Hall–Kier alpha value is -0.570. The minimum atomic E-state index is 0.630. The maximum absolute atomic E-state index is 7.36. The van der Waals surface area contributed by atoms with Crippen molar-refractivity contribution >= 4 is 11.3 Å². The number of aromatic nitrogens is 1. The molecular weight excluding hydrogens is 132 g/mol. The summed E-state index contributed by atoms with van der Waals surface area (Å²) >= 11 is 1.53. The van der Waals surface area contributed by atoms with Crippen molar-refractivity contribution < 1.29 is 0 Å². The van der Waals surface area contributed by atoms with Crippen molar-refractivity contribution in [3.63, 3.8) is 0 Å². The first-order valence-corrected chi connectivity index (χ1v) is 3.62. The van der Waals surface area contributed by atoms with Crippen LogP contribution in [-0.2, 0) is 7.05 Å². The third kappa shape index (κ3) is 0.920. The SMILES string of the molecule is Cc1sc(=N)n(C)c1C. The van der Waals surface area contributed by atoms with Crippen molar-refractivity contribution in [3.8, 4) is 0 Å². The van der Waals surface area contributed by atoms with Gasteiger partial charge in [0.1, 0.15) is 0 Å². The minimum Gasteiger partial charge on any atom is -0.324 e. The molecule has 0 aromatic carbocycles. The summed E-state index contributed by atoms with van der Waals surface area (Å²) in [6, 6.07) is 0. The number of hydrogen-bond donors (Lipinski definition) is 1. The minimum absolute atomic E-state index is 0.630. The van der Waals surface area contributed by atoms with Gasteiger partial charge in [0.15, 0.2) is 4.80 Å². The average Bonchev–Trinajstić information content (AvgIpc) is 1.98. The lowest BCUT2D eigenvalue weighted by Gasteiger charge is -1.92. The van der Waals surface area contributed by atoms with E-state index in [0.29, 0.717) is 4.80 Å². The third-order valence-corrected chi connectivity index (χ3v) is 2.64. The van der Waals surface area contributed by atoms with Crippen LogP contribution in [-0.4, -0.2) is 4.57 Å². The summed E-state index contributed by atoms with van der Waals surface area (Å²) in [7, 11) is 1.92. The zero-order valence-corrected chi connectivity index (χ0v) is 6.67. The van der Waals surface area contributed by atoms with Gasteiger partial charge in [-0.1, -0.05) is 0 Å². The molecule has 0 unspecified atom stereocenters. The first-order valence-electron chi connectivity index (χ1n) is 2.80. The van der Waals surface area contributed by atoms with Gasteiger partial charge in [0, 0.05) is 17.6 Å². The van der Waals surface area contributed by atoms with E-state index in [9.17, 15) is 0 Å². The molecule has 0 saturated heterocycles. The monoisotopic (exact) mass is 142 g/mol. The van der Waals surface area contributed by atoms with Crippen LogP contribution in [0.3, 0.4) is 0 Å². The Bertz CT molecular complexity index is 269. The Labute approximate surface area is 58.3 Å². The summed E-state index contributed by atoms with van der Waals surface area (Å²) in [5.41, 5.74) is 1.20. The quantitative estimate of drug-likeness (QED) is 0.563. The molecule has 1 aromatic rings. The lowest BCUT2D eigenvalue weighted by Crippen LogP contribution is -2.08. The van der Waals surface area contributed by atoms with Crippen molar-refractivity contribution in [2.75, 3.05) is 0 Å². The van der Waals surface area contributed by atoms with Gasteiger partial charge in [0.2, 0.25) is 0 Å². The molecule has 3 heteroatoms. The first-order chi connectivity index (χ1) is 4.13. The largest absolute Gasteiger partial charge is 0.324 e. The van der Waals surface area contributed by atoms with E-state index in [2.05, 4.69) is 0 Å². The molecule has 9 heavy (non-hydrogen) atoms. The molecule has 1 N–H and O–H groups in total. The average molecular weight is 142 g/mol. The molecule has 0 bridgehead atoms. The number of hydrogen-bond acceptors (Lipinski definition) is 2. The van der Waals surface area contributed by atoms with Crippen molar-refractivity contribution in [1.29, 1.82) is 5.41 Å². The lowest BCUT2D eigenvalue weighted by molar-refractivity contribution is 0.817. The van der Waals surface area contributed by atoms with Crippen LogP contribution in [0.2, 0.25) is 0 Å². The van der Waals surface area contributed by atoms with Gasteiger partial charge in [-0.25, -0.2) is 0 Å². The molecule has 0 aliphatic carbocycles. The lowest BCUT2D eigenvalue weighted by atomic mass is 10.4. The first kappa shape index (κ1) is 6.55. The Balaban J connectivity index is 3.47. The van der Waals surface area contributed by atoms with Crippen LogP contribution in [0.1, 0.15) is 10.6 Å². The highest BCUT2D eigenvalue weighted by Crippen LogP contribution is 2.06. The predicted molar refractivity (Wildman–Crippen MR) is 38.6 cm³/mol. The third-order valence-electron chi connectivity index (χ3n) is 1.57. The summed E-state index contributed by atoms with van der Waals surface area (Å²) in [6.45, 7) is 4.07. The van der Waals surface area contributed by atoms with Crippen LogP contribution in [0.5, 0.6) is 0 Å². The van der Waals surface area contributed by atoms with Gasteiger partial charge < -0.3 is 4.57 Å². The van der Waals surface area contributed by atoms with Gasteiger partial charge in [-0.15, -0.1) is 11.3 Å². The molecule has 50 valence electrons. The van der Waals surface area contributed by atoms with E-state index in [0.717, 1.165) is 0 Å². The summed E-state index contributed by atoms with van der Waals surface area (Å²) in [4.78, 5) is 1.87. The van der Waals surface area contributed by atoms with Gasteiger partial charge in [0.25, 0.3) is 0 Å². The number of nitrogens with one attached hydrogen (secondary N) is 1. The highest BCUT2D eigenvalue weighted by atomic mass is 32.1. The van der Waals surface area contributed by atoms with Crippen molar-refractivity contribution in [2.45, 2.75) is 13.8 Å². The van der Waals surface area contributed by atoms with Gasteiger partial charge in [-0.3, -0.25) is 5.41 Å². The fourth-order valence-corrected chi connectivity index (χ4v) is 1.52. The number of nitrogens with zero attached hydrogens (tertiary/aromatic N) is 1. The molecule has 0 radical (unpaired) electrons. The Morgan fingerprint density at radius 1 is 1.44 bits per heavy atom. The van der Waals surface area contributed by atoms with E-state index < -0.39 is 0 Å². The van der Waals surface area contributed by atoms with Crippen LogP contribution in [0.25, 0.3) is 0 Å². The van der Waals surface area contributed by atoms with E-state index in [1.54, 1.807) is 0 Å². The van der Waals surface area contributed by atoms with Crippen molar-refractivity contribution in [2.24, 2.45) is 7.05 Å². The van der Waals surface area contributed by atoms with Gasteiger partial charge in [-0.05, 0) is 13.8 Å². The zero-order chi connectivity index (χ0) is 7.02. The van der Waals surface area contributed by atoms with Crippen LogP contribution in [0.15, 0.2) is 0 Å². The molecule has 1 aromatic heterocycles. The summed E-state index contributed by atoms with van der Waals surface area (Å²) in [5.74, 6) is 0. The van der Waals surface area contributed by atoms with Gasteiger partial charge >= 0.3 is 0 Å². The van der Waals surface area contributed by atoms with E-state index >= 15 is 0 Å². The van der Waals surface area contributed by atoms with Crippen molar-refractivity contribution in [1.82, 2.24) is 4.57 Å². The second-order valence-electron chi connectivity index (χ2n) is 2.11. The molecule has 0 spiro atoms. The number of rotatable bonds is 0. The fraction of sp³-hybridized carbons (Fsp3) is 0.500. The maximum atomic E-state index is 7.36. The Morgan fingerprint density at radius 2 is 2.00 bits per heavy atom. The van der Waals surface area contributed by atoms with Crippen LogP contribution in [0.4, 0.5) is 0 Å². The van der Waals surface area contributed by atoms with Crippen LogP contribution < -0.4 is 4.80 Å². The molecule has 1 rings (SSSR count). The second-order valence-corrected chi connectivity index (χ2v) is 3.31. The zero-order valence-electron chi connectivity index (χ0n) is 5.86. The molecule has 0 amide bonds.